The number of thiophene rings is 1. The summed E-state index contributed by atoms with van der Waals surface area (Å²) < 4.78 is 1.12. The summed E-state index contributed by atoms with van der Waals surface area (Å²) in [6.07, 6.45) is -0.0776. The zero-order valence-electron chi connectivity index (χ0n) is 10.8. The number of aromatic amines is 1. The minimum absolute atomic E-state index is 0.184. The summed E-state index contributed by atoms with van der Waals surface area (Å²) >= 11 is 13.1. The molecule has 1 aliphatic rings. The first kappa shape index (κ1) is 15.5. The summed E-state index contributed by atoms with van der Waals surface area (Å²) in [5.41, 5.74) is 0.723. The van der Waals surface area contributed by atoms with Crippen LogP contribution in [-0.4, -0.2) is 45.1 Å². The fourth-order valence-electron chi connectivity index (χ4n) is 2.19. The maximum absolute atomic E-state index is 12.2. The monoisotopic (exact) mass is 360 g/mol. The van der Waals surface area contributed by atoms with Gasteiger partial charge in [-0.3, -0.25) is 9.59 Å². The van der Waals surface area contributed by atoms with E-state index < -0.39 is 29.9 Å². The fourth-order valence-corrected chi connectivity index (χ4v) is 3.68. The number of fused-ring (bicyclic) bond motifs is 1. The van der Waals surface area contributed by atoms with Crippen LogP contribution in [0.5, 0.6) is 0 Å². The lowest BCUT2D eigenvalue weighted by molar-refractivity contribution is -0.129. The third kappa shape index (κ3) is 2.55. The number of amides is 1. The molecule has 0 aliphatic heterocycles. The number of Topliss-reactive ketones (excluding diaryl/α,β-unsaturated/α-hetero) is 1. The summed E-state index contributed by atoms with van der Waals surface area (Å²) in [6.45, 7) is 0. The van der Waals surface area contributed by atoms with E-state index in [9.17, 15) is 19.8 Å². The second-order valence-electron chi connectivity index (χ2n) is 4.79. The van der Waals surface area contributed by atoms with Gasteiger partial charge >= 0.3 is 0 Å². The Kier molecular flexibility index (Phi) is 4.00. The first-order valence-electron chi connectivity index (χ1n) is 6.24. The van der Waals surface area contributed by atoms with E-state index >= 15 is 0 Å². The van der Waals surface area contributed by atoms with Gasteiger partial charge < -0.3 is 20.5 Å². The van der Waals surface area contributed by atoms with E-state index in [2.05, 4.69) is 10.3 Å². The highest BCUT2D eigenvalue weighted by molar-refractivity contribution is 7.23. The topological polar surface area (TPSA) is 102 Å². The first-order valence-corrected chi connectivity index (χ1v) is 7.81. The van der Waals surface area contributed by atoms with Crippen LogP contribution in [0.1, 0.15) is 10.5 Å². The molecule has 4 N–H and O–H groups in total. The zero-order chi connectivity index (χ0) is 16.0. The molecule has 0 spiro atoms. The van der Waals surface area contributed by atoms with Crippen molar-refractivity contribution in [3.63, 3.8) is 0 Å². The van der Waals surface area contributed by atoms with Crippen molar-refractivity contribution >= 4 is 56.4 Å². The molecule has 2 aromatic heterocycles. The van der Waals surface area contributed by atoms with Gasteiger partial charge in [-0.2, -0.15) is 0 Å². The van der Waals surface area contributed by atoms with Crippen molar-refractivity contribution in [3.8, 4) is 0 Å². The molecule has 1 aliphatic carbocycles. The van der Waals surface area contributed by atoms with Crippen LogP contribution in [0.25, 0.3) is 10.2 Å². The minimum Gasteiger partial charge on any atom is -0.386 e. The number of aliphatic hydroxyl groups is 2. The van der Waals surface area contributed by atoms with E-state index in [-0.39, 0.29) is 5.69 Å². The van der Waals surface area contributed by atoms with Gasteiger partial charge in [-0.15, -0.1) is 11.3 Å². The molecule has 3 atom stereocenters. The Morgan fingerprint density at radius 1 is 1.32 bits per heavy atom. The number of carbonyl (C=O) groups is 2. The lowest BCUT2D eigenvalue weighted by atomic mass is 9.95. The first-order chi connectivity index (χ1) is 10.4. The summed E-state index contributed by atoms with van der Waals surface area (Å²) in [4.78, 5) is 26.8. The van der Waals surface area contributed by atoms with Gasteiger partial charge in [0.05, 0.1) is 21.3 Å². The van der Waals surface area contributed by atoms with E-state index in [0.717, 1.165) is 0 Å². The Hall–Kier alpha value is -1.38. The number of ketones is 1. The number of aromatic nitrogens is 1. The number of carbonyl (C=O) groups excluding carboxylic acids is 2. The highest BCUT2D eigenvalue weighted by Crippen LogP contribution is 2.38. The normalized spacial score (nSPS) is 24.9. The third-order valence-electron chi connectivity index (χ3n) is 3.33. The number of H-pyrrole nitrogens is 1. The van der Waals surface area contributed by atoms with Crippen molar-refractivity contribution in [1.82, 2.24) is 10.3 Å². The Morgan fingerprint density at radius 2 is 2.05 bits per heavy atom. The largest absolute Gasteiger partial charge is 0.386 e. The molecule has 2 heterocycles. The van der Waals surface area contributed by atoms with E-state index in [1.165, 1.54) is 23.5 Å². The Morgan fingerprint density at radius 3 is 2.73 bits per heavy atom. The van der Waals surface area contributed by atoms with Gasteiger partial charge in [0.1, 0.15) is 22.2 Å². The van der Waals surface area contributed by atoms with Crippen molar-refractivity contribution in [3.05, 3.63) is 33.3 Å². The second kappa shape index (κ2) is 5.68. The average molecular weight is 361 g/mol. The SMILES string of the molecule is O=C(NC1C(=O)C(O)C=CC1O)c1cc2sc(Cl)c(Cl)c2[nH]1. The Balaban J connectivity index is 1.84. The molecule has 9 heteroatoms. The minimum atomic E-state index is -1.34. The number of hydrogen-bond donors (Lipinski definition) is 4. The van der Waals surface area contributed by atoms with Crippen LogP contribution < -0.4 is 5.32 Å². The van der Waals surface area contributed by atoms with Gasteiger partial charge in [0.25, 0.3) is 5.91 Å². The quantitative estimate of drug-likeness (QED) is 0.609. The van der Waals surface area contributed by atoms with Gasteiger partial charge in [-0.05, 0) is 6.07 Å². The van der Waals surface area contributed by atoms with Gasteiger partial charge in [0.2, 0.25) is 0 Å². The van der Waals surface area contributed by atoms with Crippen LogP contribution in [0, 0.1) is 0 Å². The van der Waals surface area contributed by atoms with E-state index in [0.29, 0.717) is 19.6 Å². The standard InChI is InChI=1S/C13H10Cl2N2O4S/c14-8-10-7(22-12(8)15)3-4(16-10)13(21)17-9-5(18)1-2-6(19)11(9)20/h1-3,5-6,9,16,18-19H,(H,17,21). The summed E-state index contributed by atoms with van der Waals surface area (Å²) in [6, 6.07) is 0.354. The molecule has 0 radical (unpaired) electrons. The van der Waals surface area contributed by atoms with Gasteiger partial charge in [-0.1, -0.05) is 35.4 Å². The number of hydrogen-bond acceptors (Lipinski definition) is 5. The van der Waals surface area contributed by atoms with Gasteiger partial charge in [0.15, 0.2) is 5.78 Å². The van der Waals surface area contributed by atoms with Crippen molar-refractivity contribution in [2.45, 2.75) is 18.2 Å². The number of aliphatic hydroxyl groups excluding tert-OH is 2. The molecule has 22 heavy (non-hydrogen) atoms. The van der Waals surface area contributed by atoms with Crippen LogP contribution in [0.3, 0.4) is 0 Å². The lowest BCUT2D eigenvalue weighted by Gasteiger charge is -2.25. The van der Waals surface area contributed by atoms with E-state index in [1.54, 1.807) is 6.07 Å². The predicted molar refractivity (Wildman–Crippen MR) is 83.6 cm³/mol. The molecular formula is C13H10Cl2N2O4S. The molecule has 0 saturated heterocycles. The molecule has 3 unspecified atom stereocenters. The molecule has 0 aromatic carbocycles. The molecule has 1 amide bonds. The second-order valence-corrected chi connectivity index (χ2v) is 6.82. The molecule has 3 rings (SSSR count). The van der Waals surface area contributed by atoms with Crippen LogP contribution in [0.15, 0.2) is 18.2 Å². The number of halogens is 2. The van der Waals surface area contributed by atoms with E-state index in [1.807, 2.05) is 0 Å². The fraction of sp³-hybridized carbons (Fsp3) is 0.231. The van der Waals surface area contributed by atoms with Crippen LogP contribution in [0.4, 0.5) is 0 Å². The Labute approximate surface area is 138 Å². The Bertz CT molecular complexity index is 797. The molecule has 0 bridgehead atoms. The van der Waals surface area contributed by atoms with E-state index in [4.69, 9.17) is 23.2 Å². The average Bonchev–Trinajstić information content (AvgIpc) is 3.00. The molecule has 6 nitrogen and oxygen atoms in total. The number of rotatable bonds is 2. The highest BCUT2D eigenvalue weighted by Gasteiger charge is 2.34. The molecule has 0 fully saturated rings. The molecular weight excluding hydrogens is 351 g/mol. The summed E-state index contributed by atoms with van der Waals surface area (Å²) in [5.74, 6) is -1.26. The third-order valence-corrected chi connectivity index (χ3v) is 5.27. The van der Waals surface area contributed by atoms with Crippen molar-refractivity contribution < 1.29 is 19.8 Å². The summed E-state index contributed by atoms with van der Waals surface area (Å²) in [5, 5.41) is 21.9. The van der Waals surface area contributed by atoms with Gasteiger partial charge in [-0.25, -0.2) is 0 Å². The molecule has 116 valence electrons. The van der Waals surface area contributed by atoms with Gasteiger partial charge in [0, 0.05) is 0 Å². The summed E-state index contributed by atoms with van der Waals surface area (Å²) in [7, 11) is 0. The highest BCUT2D eigenvalue weighted by atomic mass is 35.5. The van der Waals surface area contributed by atoms with Crippen LogP contribution in [0.2, 0.25) is 9.36 Å². The smallest absolute Gasteiger partial charge is 0.268 e. The zero-order valence-corrected chi connectivity index (χ0v) is 13.2. The number of nitrogens with one attached hydrogen (secondary N) is 2. The van der Waals surface area contributed by atoms with Crippen LogP contribution >= 0.6 is 34.5 Å². The van der Waals surface area contributed by atoms with Crippen molar-refractivity contribution in [2.24, 2.45) is 0 Å². The molecule has 2 aromatic rings. The lowest BCUT2D eigenvalue weighted by Crippen LogP contribution is -2.53. The maximum Gasteiger partial charge on any atom is 0.268 e. The predicted octanol–water partition coefficient (Wildman–Crippen LogP) is 1.50. The molecule has 0 saturated carbocycles. The van der Waals surface area contributed by atoms with Crippen molar-refractivity contribution in [2.75, 3.05) is 0 Å². The maximum atomic E-state index is 12.2. The van der Waals surface area contributed by atoms with Crippen molar-refractivity contribution in [1.29, 1.82) is 0 Å². The van der Waals surface area contributed by atoms with Crippen LogP contribution in [-0.2, 0) is 4.79 Å².